The number of imidazole rings is 1. The monoisotopic (exact) mass is 267 g/mol. The predicted molar refractivity (Wildman–Crippen MR) is 77.7 cm³/mol. The average molecular weight is 267 g/mol. The first kappa shape index (κ1) is 12.3. The smallest absolute Gasteiger partial charge is 0.271 e. The highest BCUT2D eigenvalue weighted by molar-refractivity contribution is 5.81. The summed E-state index contributed by atoms with van der Waals surface area (Å²) in [5.74, 6) is 0.726. The van der Waals surface area contributed by atoms with Gasteiger partial charge in [-0.15, -0.1) is 0 Å². The highest BCUT2D eigenvalue weighted by Crippen LogP contribution is 2.25. The lowest BCUT2D eigenvalue weighted by atomic mass is 10.1. The molecule has 3 aromatic rings. The van der Waals surface area contributed by atoms with Crippen LogP contribution in [0.3, 0.4) is 0 Å². The second-order valence-corrected chi connectivity index (χ2v) is 4.84. The summed E-state index contributed by atoms with van der Waals surface area (Å²) in [5, 5.41) is 10.8. The van der Waals surface area contributed by atoms with E-state index < -0.39 is 4.92 Å². The molecule has 0 amide bonds. The number of aromatic amines is 1. The van der Waals surface area contributed by atoms with Crippen molar-refractivity contribution < 1.29 is 4.92 Å². The molecule has 0 atom stereocenters. The molecule has 5 heteroatoms. The zero-order chi connectivity index (χ0) is 14.3. The van der Waals surface area contributed by atoms with Crippen LogP contribution >= 0.6 is 0 Å². The van der Waals surface area contributed by atoms with Gasteiger partial charge in [0.05, 0.1) is 16.0 Å². The molecule has 0 saturated heterocycles. The topological polar surface area (TPSA) is 71.8 Å². The largest absolute Gasteiger partial charge is 0.338 e. The van der Waals surface area contributed by atoms with E-state index in [1.165, 1.54) is 23.3 Å². The fraction of sp³-hybridized carbons (Fsp3) is 0.133. The molecule has 2 aromatic carbocycles. The van der Waals surface area contributed by atoms with Crippen molar-refractivity contribution in [1.29, 1.82) is 0 Å². The number of non-ortho nitro benzene ring substituents is 1. The average Bonchev–Trinajstić information content (AvgIpc) is 2.84. The molecule has 1 heterocycles. The Morgan fingerprint density at radius 2 is 1.90 bits per heavy atom. The summed E-state index contributed by atoms with van der Waals surface area (Å²) in [6.07, 6.45) is 0. The second kappa shape index (κ2) is 4.45. The molecule has 1 aromatic heterocycles. The highest BCUT2D eigenvalue weighted by atomic mass is 16.6. The van der Waals surface area contributed by atoms with Gasteiger partial charge in [0.2, 0.25) is 0 Å². The first-order valence-electron chi connectivity index (χ1n) is 6.26. The van der Waals surface area contributed by atoms with E-state index >= 15 is 0 Å². The van der Waals surface area contributed by atoms with Gasteiger partial charge in [-0.1, -0.05) is 12.1 Å². The lowest BCUT2D eigenvalue weighted by Crippen LogP contribution is -1.86. The summed E-state index contributed by atoms with van der Waals surface area (Å²) in [7, 11) is 0. The van der Waals surface area contributed by atoms with Gasteiger partial charge in [0.15, 0.2) is 0 Å². The van der Waals surface area contributed by atoms with Gasteiger partial charge in [0.25, 0.3) is 5.69 Å². The summed E-state index contributed by atoms with van der Waals surface area (Å²) in [6.45, 7) is 4.10. The molecular weight excluding hydrogens is 254 g/mol. The van der Waals surface area contributed by atoms with Crippen LogP contribution in [0.1, 0.15) is 11.1 Å². The lowest BCUT2D eigenvalue weighted by molar-refractivity contribution is -0.384. The van der Waals surface area contributed by atoms with E-state index in [-0.39, 0.29) is 5.69 Å². The maximum Gasteiger partial charge on any atom is 0.271 e. The fourth-order valence-corrected chi connectivity index (χ4v) is 2.14. The van der Waals surface area contributed by atoms with Gasteiger partial charge in [0, 0.05) is 17.7 Å². The molecule has 0 spiro atoms. The molecular formula is C15H13N3O2. The van der Waals surface area contributed by atoms with Crippen molar-refractivity contribution in [3.8, 4) is 11.4 Å². The van der Waals surface area contributed by atoms with E-state index in [1.54, 1.807) is 6.07 Å². The Hall–Kier alpha value is -2.69. The van der Waals surface area contributed by atoms with Crippen molar-refractivity contribution in [2.24, 2.45) is 0 Å². The molecule has 1 N–H and O–H groups in total. The Labute approximate surface area is 115 Å². The maximum atomic E-state index is 10.8. The van der Waals surface area contributed by atoms with Crippen LogP contribution in [-0.4, -0.2) is 14.9 Å². The normalized spacial score (nSPS) is 10.9. The van der Waals surface area contributed by atoms with Gasteiger partial charge in [-0.25, -0.2) is 4.98 Å². The Morgan fingerprint density at radius 3 is 2.60 bits per heavy atom. The molecule has 0 fully saturated rings. The van der Waals surface area contributed by atoms with Crippen LogP contribution in [0.15, 0.2) is 36.4 Å². The second-order valence-electron chi connectivity index (χ2n) is 4.84. The van der Waals surface area contributed by atoms with Crippen LogP contribution in [0, 0.1) is 24.0 Å². The standard InChI is InChI=1S/C15H13N3O2/c1-9-3-4-11(7-10(9)2)15-16-13-6-5-12(18(19)20)8-14(13)17-15/h3-8H,1-2H3,(H,16,17). The van der Waals surface area contributed by atoms with Crippen molar-refractivity contribution in [3.63, 3.8) is 0 Å². The first-order chi connectivity index (χ1) is 9.54. The van der Waals surface area contributed by atoms with Crippen LogP contribution in [-0.2, 0) is 0 Å². The maximum absolute atomic E-state index is 10.8. The number of nitrogens with zero attached hydrogens (tertiary/aromatic N) is 2. The zero-order valence-corrected chi connectivity index (χ0v) is 11.2. The van der Waals surface area contributed by atoms with Crippen molar-refractivity contribution in [1.82, 2.24) is 9.97 Å². The molecule has 0 aliphatic carbocycles. The Balaban J connectivity index is 2.12. The van der Waals surface area contributed by atoms with Crippen LogP contribution in [0.2, 0.25) is 0 Å². The molecule has 0 aliphatic heterocycles. The summed E-state index contributed by atoms with van der Waals surface area (Å²) < 4.78 is 0. The van der Waals surface area contributed by atoms with Gasteiger partial charge in [0.1, 0.15) is 5.82 Å². The van der Waals surface area contributed by atoms with Gasteiger partial charge >= 0.3 is 0 Å². The number of nitro benzene ring substituents is 1. The van der Waals surface area contributed by atoms with E-state index in [2.05, 4.69) is 23.0 Å². The number of fused-ring (bicyclic) bond motifs is 1. The van der Waals surface area contributed by atoms with Crippen molar-refractivity contribution >= 4 is 16.7 Å². The molecule has 0 saturated carbocycles. The van der Waals surface area contributed by atoms with Crippen LogP contribution in [0.4, 0.5) is 5.69 Å². The van der Waals surface area contributed by atoms with Crippen molar-refractivity contribution in [2.45, 2.75) is 13.8 Å². The minimum absolute atomic E-state index is 0.0628. The SMILES string of the molecule is Cc1ccc(-c2nc3ccc([N+](=O)[O-])cc3[nH]2)cc1C. The predicted octanol–water partition coefficient (Wildman–Crippen LogP) is 3.75. The first-order valence-corrected chi connectivity index (χ1v) is 6.26. The minimum atomic E-state index is -0.407. The van der Waals surface area contributed by atoms with Gasteiger partial charge in [-0.2, -0.15) is 0 Å². The van der Waals surface area contributed by atoms with Crippen LogP contribution in [0.5, 0.6) is 0 Å². The summed E-state index contributed by atoms with van der Waals surface area (Å²) in [4.78, 5) is 18.0. The number of aryl methyl sites for hydroxylation is 2. The third kappa shape index (κ3) is 2.03. The van der Waals surface area contributed by atoms with E-state index in [4.69, 9.17) is 0 Å². The number of H-pyrrole nitrogens is 1. The van der Waals surface area contributed by atoms with E-state index in [9.17, 15) is 10.1 Å². The van der Waals surface area contributed by atoms with Crippen LogP contribution in [0.25, 0.3) is 22.4 Å². The fourth-order valence-electron chi connectivity index (χ4n) is 2.14. The number of nitro groups is 1. The Bertz CT molecular complexity index is 821. The van der Waals surface area contributed by atoms with Crippen LogP contribution < -0.4 is 0 Å². The van der Waals surface area contributed by atoms with Gasteiger partial charge in [-0.05, 0) is 37.1 Å². The number of benzene rings is 2. The molecule has 0 bridgehead atoms. The highest BCUT2D eigenvalue weighted by Gasteiger charge is 2.10. The summed E-state index contributed by atoms with van der Waals surface area (Å²) in [5.41, 5.74) is 4.85. The molecule has 20 heavy (non-hydrogen) atoms. The van der Waals surface area contributed by atoms with Crippen molar-refractivity contribution in [3.05, 3.63) is 57.6 Å². The molecule has 100 valence electrons. The third-order valence-electron chi connectivity index (χ3n) is 3.46. The number of hydrogen-bond acceptors (Lipinski definition) is 3. The van der Waals surface area contributed by atoms with E-state index in [0.29, 0.717) is 5.52 Å². The number of rotatable bonds is 2. The molecule has 0 aliphatic rings. The Kier molecular flexibility index (Phi) is 2.75. The van der Waals surface area contributed by atoms with E-state index in [0.717, 1.165) is 16.9 Å². The third-order valence-corrected chi connectivity index (χ3v) is 3.46. The lowest BCUT2D eigenvalue weighted by Gasteiger charge is -2.02. The number of nitrogens with one attached hydrogen (secondary N) is 1. The van der Waals surface area contributed by atoms with Crippen molar-refractivity contribution in [2.75, 3.05) is 0 Å². The molecule has 0 radical (unpaired) electrons. The number of hydrogen-bond donors (Lipinski definition) is 1. The zero-order valence-electron chi connectivity index (χ0n) is 11.2. The summed E-state index contributed by atoms with van der Waals surface area (Å²) in [6, 6.07) is 10.7. The molecule has 5 nitrogen and oxygen atoms in total. The van der Waals surface area contributed by atoms with E-state index in [1.807, 2.05) is 19.1 Å². The molecule has 0 unspecified atom stereocenters. The minimum Gasteiger partial charge on any atom is -0.338 e. The number of aromatic nitrogens is 2. The molecule has 3 rings (SSSR count). The summed E-state index contributed by atoms with van der Waals surface area (Å²) >= 11 is 0. The van der Waals surface area contributed by atoms with Gasteiger partial charge in [-0.3, -0.25) is 10.1 Å². The van der Waals surface area contributed by atoms with Gasteiger partial charge < -0.3 is 4.98 Å². The quantitative estimate of drug-likeness (QED) is 0.567. The Morgan fingerprint density at radius 1 is 1.10 bits per heavy atom.